The summed E-state index contributed by atoms with van der Waals surface area (Å²) in [6.45, 7) is 6.38. The lowest BCUT2D eigenvalue weighted by atomic mass is 10.0. The second kappa shape index (κ2) is 5.97. The highest BCUT2D eigenvalue weighted by Crippen LogP contribution is 2.21. The van der Waals surface area contributed by atoms with E-state index in [1.165, 1.54) is 5.56 Å². The Labute approximate surface area is 114 Å². The number of aryl methyl sites for hydroxylation is 1. The van der Waals surface area contributed by atoms with Crippen LogP contribution in [0.25, 0.3) is 11.4 Å². The van der Waals surface area contributed by atoms with Crippen molar-refractivity contribution in [3.63, 3.8) is 0 Å². The minimum Gasteiger partial charge on any atom is -0.337 e. The third-order valence-electron chi connectivity index (χ3n) is 3.10. The summed E-state index contributed by atoms with van der Waals surface area (Å²) >= 11 is 0. The van der Waals surface area contributed by atoms with Crippen molar-refractivity contribution in [3.05, 3.63) is 35.7 Å². The van der Waals surface area contributed by atoms with E-state index in [-0.39, 0.29) is 6.04 Å². The summed E-state index contributed by atoms with van der Waals surface area (Å²) in [7, 11) is 0. The Balaban J connectivity index is 2.15. The van der Waals surface area contributed by atoms with Gasteiger partial charge in [0.05, 0.1) is 6.04 Å². The molecule has 1 aromatic carbocycles. The number of hydrogen-bond acceptors (Lipinski definition) is 4. The van der Waals surface area contributed by atoms with E-state index in [9.17, 15) is 0 Å². The van der Waals surface area contributed by atoms with Gasteiger partial charge in [-0.25, -0.2) is 0 Å². The molecule has 0 bridgehead atoms. The highest BCUT2D eigenvalue weighted by atomic mass is 16.5. The molecule has 1 atom stereocenters. The maximum absolute atomic E-state index is 6.04. The van der Waals surface area contributed by atoms with Crippen molar-refractivity contribution >= 4 is 0 Å². The summed E-state index contributed by atoms with van der Waals surface area (Å²) < 4.78 is 5.25. The zero-order chi connectivity index (χ0) is 13.8. The third kappa shape index (κ3) is 3.41. The summed E-state index contributed by atoms with van der Waals surface area (Å²) in [6, 6.07) is 8.01. The third-order valence-corrected chi connectivity index (χ3v) is 3.10. The van der Waals surface area contributed by atoms with E-state index in [2.05, 4.69) is 43.0 Å². The van der Waals surface area contributed by atoms with Crippen LogP contribution in [0, 0.1) is 5.92 Å². The minimum atomic E-state index is -0.184. The molecule has 2 aromatic rings. The quantitative estimate of drug-likeness (QED) is 0.894. The molecule has 102 valence electrons. The molecule has 4 nitrogen and oxygen atoms in total. The van der Waals surface area contributed by atoms with E-state index >= 15 is 0 Å². The van der Waals surface area contributed by atoms with E-state index < -0.39 is 0 Å². The van der Waals surface area contributed by atoms with Crippen LogP contribution in [-0.2, 0) is 6.42 Å². The van der Waals surface area contributed by atoms with Gasteiger partial charge in [-0.2, -0.15) is 4.98 Å². The lowest BCUT2D eigenvalue weighted by Gasteiger charge is -2.08. The fourth-order valence-corrected chi connectivity index (χ4v) is 2.00. The molecule has 0 radical (unpaired) electrons. The van der Waals surface area contributed by atoms with Crippen molar-refractivity contribution < 1.29 is 4.52 Å². The van der Waals surface area contributed by atoms with E-state index in [4.69, 9.17) is 10.3 Å². The summed E-state index contributed by atoms with van der Waals surface area (Å²) in [5, 5.41) is 4.00. The van der Waals surface area contributed by atoms with Crippen LogP contribution in [0.15, 0.2) is 28.8 Å². The highest BCUT2D eigenvalue weighted by molar-refractivity contribution is 5.54. The number of rotatable bonds is 5. The summed E-state index contributed by atoms with van der Waals surface area (Å²) in [5.74, 6) is 1.63. The molecule has 0 aliphatic carbocycles. The lowest BCUT2D eigenvalue weighted by molar-refractivity contribution is 0.335. The molecule has 4 heteroatoms. The normalized spacial score (nSPS) is 12.9. The molecule has 0 saturated carbocycles. The van der Waals surface area contributed by atoms with Gasteiger partial charge in [-0.3, -0.25) is 0 Å². The molecule has 1 heterocycles. The van der Waals surface area contributed by atoms with Crippen molar-refractivity contribution in [2.45, 2.75) is 39.7 Å². The smallest absolute Gasteiger partial charge is 0.243 e. The highest BCUT2D eigenvalue weighted by Gasteiger charge is 2.16. The first kappa shape index (κ1) is 13.7. The standard InChI is InChI=1S/C15H21N3O/c1-4-11-5-7-12(8-6-11)14-17-15(19-18-14)13(16)9-10(2)3/h5-8,10,13H,4,9,16H2,1-3H3. The lowest BCUT2D eigenvalue weighted by Crippen LogP contribution is -2.13. The second-order valence-corrected chi connectivity index (χ2v) is 5.24. The van der Waals surface area contributed by atoms with Gasteiger partial charge in [0.1, 0.15) is 0 Å². The Bertz CT molecular complexity index is 516. The van der Waals surface area contributed by atoms with Gasteiger partial charge in [0.25, 0.3) is 0 Å². The second-order valence-electron chi connectivity index (χ2n) is 5.24. The number of benzene rings is 1. The fraction of sp³-hybridized carbons (Fsp3) is 0.467. The first-order chi connectivity index (χ1) is 9.10. The Morgan fingerprint density at radius 2 is 1.89 bits per heavy atom. The molecule has 2 N–H and O–H groups in total. The van der Waals surface area contributed by atoms with Gasteiger partial charge in [-0.05, 0) is 24.3 Å². The average molecular weight is 259 g/mol. The molecule has 2 rings (SSSR count). The van der Waals surface area contributed by atoms with Crippen LogP contribution in [0.1, 0.15) is 44.7 Å². The van der Waals surface area contributed by atoms with Gasteiger partial charge >= 0.3 is 0 Å². The Morgan fingerprint density at radius 3 is 2.47 bits per heavy atom. The number of nitrogens with two attached hydrogens (primary N) is 1. The molecule has 0 saturated heterocycles. The zero-order valence-electron chi connectivity index (χ0n) is 11.8. The van der Waals surface area contributed by atoms with Gasteiger partial charge < -0.3 is 10.3 Å². The number of nitrogens with zero attached hydrogens (tertiary/aromatic N) is 2. The van der Waals surface area contributed by atoms with Crippen molar-refractivity contribution in [1.82, 2.24) is 10.1 Å². The van der Waals surface area contributed by atoms with Crippen LogP contribution < -0.4 is 5.73 Å². The van der Waals surface area contributed by atoms with Crippen molar-refractivity contribution in [2.75, 3.05) is 0 Å². The minimum absolute atomic E-state index is 0.184. The average Bonchev–Trinajstić information content (AvgIpc) is 2.88. The van der Waals surface area contributed by atoms with E-state index in [0.717, 1.165) is 18.4 Å². The summed E-state index contributed by atoms with van der Waals surface area (Å²) in [4.78, 5) is 4.39. The van der Waals surface area contributed by atoms with Crippen LogP contribution >= 0.6 is 0 Å². The molecular formula is C15H21N3O. The Morgan fingerprint density at radius 1 is 1.21 bits per heavy atom. The molecule has 0 spiro atoms. The predicted octanol–water partition coefficient (Wildman–Crippen LogP) is 3.34. The largest absolute Gasteiger partial charge is 0.337 e. The van der Waals surface area contributed by atoms with Crippen LogP contribution in [-0.4, -0.2) is 10.1 Å². The van der Waals surface area contributed by atoms with Crippen LogP contribution in [0.5, 0.6) is 0 Å². The monoisotopic (exact) mass is 259 g/mol. The first-order valence-corrected chi connectivity index (χ1v) is 6.78. The Hall–Kier alpha value is -1.68. The number of aromatic nitrogens is 2. The van der Waals surface area contributed by atoms with Gasteiger partial charge in [0.2, 0.25) is 11.7 Å². The van der Waals surface area contributed by atoms with E-state index in [0.29, 0.717) is 17.6 Å². The first-order valence-electron chi connectivity index (χ1n) is 6.78. The van der Waals surface area contributed by atoms with Gasteiger partial charge in [-0.1, -0.05) is 50.2 Å². The van der Waals surface area contributed by atoms with Crippen molar-refractivity contribution in [2.24, 2.45) is 11.7 Å². The maximum Gasteiger partial charge on any atom is 0.243 e. The molecule has 0 aliphatic rings. The summed E-state index contributed by atoms with van der Waals surface area (Å²) in [6.07, 6.45) is 1.87. The van der Waals surface area contributed by atoms with Gasteiger partial charge in [-0.15, -0.1) is 0 Å². The van der Waals surface area contributed by atoms with Gasteiger partial charge in [0.15, 0.2) is 0 Å². The van der Waals surface area contributed by atoms with Crippen LogP contribution in [0.3, 0.4) is 0 Å². The fourth-order valence-electron chi connectivity index (χ4n) is 2.00. The summed E-state index contributed by atoms with van der Waals surface area (Å²) in [5.41, 5.74) is 8.29. The molecule has 1 aromatic heterocycles. The van der Waals surface area contributed by atoms with Gasteiger partial charge in [0, 0.05) is 5.56 Å². The zero-order valence-corrected chi connectivity index (χ0v) is 11.8. The molecule has 0 aliphatic heterocycles. The molecule has 1 unspecified atom stereocenters. The van der Waals surface area contributed by atoms with Crippen molar-refractivity contribution in [1.29, 1.82) is 0 Å². The molecular weight excluding hydrogens is 238 g/mol. The maximum atomic E-state index is 6.04. The van der Waals surface area contributed by atoms with Crippen LogP contribution in [0.4, 0.5) is 0 Å². The molecule has 0 fully saturated rings. The SMILES string of the molecule is CCc1ccc(-c2noc(C(N)CC(C)C)n2)cc1. The van der Waals surface area contributed by atoms with Crippen molar-refractivity contribution in [3.8, 4) is 11.4 Å². The molecule has 19 heavy (non-hydrogen) atoms. The van der Waals surface area contributed by atoms with E-state index in [1.807, 2.05) is 12.1 Å². The van der Waals surface area contributed by atoms with Crippen LogP contribution in [0.2, 0.25) is 0 Å². The van der Waals surface area contributed by atoms with E-state index in [1.54, 1.807) is 0 Å². The Kier molecular flexibility index (Phi) is 4.32. The molecule has 0 amide bonds. The number of hydrogen-bond donors (Lipinski definition) is 1. The predicted molar refractivity (Wildman–Crippen MR) is 75.5 cm³/mol. The topological polar surface area (TPSA) is 64.9 Å².